The molecule has 0 heterocycles. The highest BCUT2D eigenvalue weighted by atomic mass is 79.9. The van der Waals surface area contributed by atoms with Gasteiger partial charge < -0.3 is 10.8 Å². The molecule has 2 nitrogen and oxygen atoms in total. The third-order valence-corrected chi connectivity index (χ3v) is 2.58. The standard InChI is InChI=1S/C8H9BrClNO/c1-4(12)5-2-8(11)6(9)3-7(5)10/h2-4,12H,11H2,1H3/t4-/m0/s1. The molecule has 0 saturated heterocycles. The second-order valence-corrected chi connectivity index (χ2v) is 3.83. The van der Waals surface area contributed by atoms with Gasteiger partial charge in [0.25, 0.3) is 0 Å². The van der Waals surface area contributed by atoms with Crippen LogP contribution in [0.4, 0.5) is 5.69 Å². The number of anilines is 1. The van der Waals surface area contributed by atoms with E-state index in [9.17, 15) is 5.11 Å². The van der Waals surface area contributed by atoms with Crippen molar-refractivity contribution in [3.8, 4) is 0 Å². The van der Waals surface area contributed by atoms with Crippen molar-refractivity contribution in [1.82, 2.24) is 0 Å². The topological polar surface area (TPSA) is 46.2 Å². The minimum absolute atomic E-state index is 0.520. The molecule has 0 aromatic heterocycles. The van der Waals surface area contributed by atoms with Crippen LogP contribution in [0.3, 0.4) is 0 Å². The van der Waals surface area contributed by atoms with Gasteiger partial charge in [-0.15, -0.1) is 0 Å². The van der Waals surface area contributed by atoms with Gasteiger partial charge in [-0.05, 0) is 35.0 Å². The minimum atomic E-state index is -0.590. The Kier molecular flexibility index (Phi) is 2.99. The van der Waals surface area contributed by atoms with Gasteiger partial charge in [0.05, 0.1) is 6.10 Å². The SMILES string of the molecule is C[C@H](O)c1cc(N)c(Br)cc1Cl. The van der Waals surface area contributed by atoms with Crippen molar-refractivity contribution in [2.45, 2.75) is 13.0 Å². The fourth-order valence-corrected chi connectivity index (χ4v) is 1.70. The van der Waals surface area contributed by atoms with Crippen molar-refractivity contribution >= 4 is 33.2 Å². The number of benzene rings is 1. The summed E-state index contributed by atoms with van der Waals surface area (Å²) in [6.07, 6.45) is -0.590. The molecule has 0 aliphatic carbocycles. The van der Waals surface area contributed by atoms with E-state index in [1.807, 2.05) is 0 Å². The third kappa shape index (κ3) is 1.91. The maximum Gasteiger partial charge on any atom is 0.0777 e. The van der Waals surface area contributed by atoms with Gasteiger partial charge in [0.2, 0.25) is 0 Å². The molecule has 3 N–H and O–H groups in total. The highest BCUT2D eigenvalue weighted by Gasteiger charge is 2.08. The zero-order valence-electron chi connectivity index (χ0n) is 6.51. The second-order valence-electron chi connectivity index (χ2n) is 2.57. The maximum absolute atomic E-state index is 9.26. The van der Waals surface area contributed by atoms with Crippen molar-refractivity contribution < 1.29 is 5.11 Å². The molecule has 1 rings (SSSR count). The lowest BCUT2D eigenvalue weighted by Crippen LogP contribution is -1.95. The Morgan fingerprint density at radius 1 is 1.58 bits per heavy atom. The van der Waals surface area contributed by atoms with Crippen LogP contribution in [0.15, 0.2) is 16.6 Å². The molecule has 0 fully saturated rings. The van der Waals surface area contributed by atoms with Gasteiger partial charge in [-0.1, -0.05) is 11.6 Å². The van der Waals surface area contributed by atoms with Crippen LogP contribution in [-0.2, 0) is 0 Å². The average molecular weight is 251 g/mol. The molecule has 0 bridgehead atoms. The Morgan fingerprint density at radius 3 is 2.67 bits per heavy atom. The molecule has 0 aliphatic rings. The van der Waals surface area contributed by atoms with Gasteiger partial charge in [-0.3, -0.25) is 0 Å². The molecule has 0 aliphatic heterocycles. The Morgan fingerprint density at radius 2 is 2.17 bits per heavy atom. The summed E-state index contributed by atoms with van der Waals surface area (Å²) in [5.74, 6) is 0. The van der Waals surface area contributed by atoms with E-state index >= 15 is 0 Å². The highest BCUT2D eigenvalue weighted by Crippen LogP contribution is 2.30. The lowest BCUT2D eigenvalue weighted by molar-refractivity contribution is 0.199. The highest BCUT2D eigenvalue weighted by molar-refractivity contribution is 9.10. The number of hydrogen-bond donors (Lipinski definition) is 2. The molecular formula is C8H9BrClNO. The summed E-state index contributed by atoms with van der Waals surface area (Å²) < 4.78 is 0.747. The summed E-state index contributed by atoms with van der Waals surface area (Å²) in [6.45, 7) is 1.65. The molecule has 0 amide bonds. The predicted octanol–water partition coefficient (Wildman–Crippen LogP) is 2.74. The molecule has 0 saturated carbocycles. The normalized spacial score (nSPS) is 13.0. The quantitative estimate of drug-likeness (QED) is 0.753. The molecule has 0 radical (unpaired) electrons. The van der Waals surface area contributed by atoms with Gasteiger partial charge in [-0.25, -0.2) is 0 Å². The van der Waals surface area contributed by atoms with Crippen molar-refractivity contribution in [3.63, 3.8) is 0 Å². The van der Waals surface area contributed by atoms with E-state index in [0.717, 1.165) is 4.47 Å². The first kappa shape index (κ1) is 9.84. The van der Waals surface area contributed by atoms with Gasteiger partial charge in [0.1, 0.15) is 0 Å². The number of rotatable bonds is 1. The van der Waals surface area contributed by atoms with Gasteiger partial charge in [0.15, 0.2) is 0 Å². The van der Waals surface area contributed by atoms with E-state index in [1.165, 1.54) is 0 Å². The molecule has 12 heavy (non-hydrogen) atoms. The van der Waals surface area contributed by atoms with Crippen molar-refractivity contribution in [1.29, 1.82) is 0 Å². The van der Waals surface area contributed by atoms with Gasteiger partial charge in [0, 0.05) is 20.7 Å². The molecule has 66 valence electrons. The second kappa shape index (κ2) is 3.64. The summed E-state index contributed by atoms with van der Waals surface area (Å²) >= 11 is 9.09. The number of nitrogen functional groups attached to an aromatic ring is 1. The van der Waals surface area contributed by atoms with E-state index in [1.54, 1.807) is 19.1 Å². The van der Waals surface area contributed by atoms with E-state index in [2.05, 4.69) is 15.9 Å². The van der Waals surface area contributed by atoms with E-state index in [-0.39, 0.29) is 0 Å². The molecular weight excluding hydrogens is 241 g/mol. The largest absolute Gasteiger partial charge is 0.398 e. The van der Waals surface area contributed by atoms with E-state index in [0.29, 0.717) is 16.3 Å². The minimum Gasteiger partial charge on any atom is -0.398 e. The number of hydrogen-bond acceptors (Lipinski definition) is 2. The molecule has 1 aromatic carbocycles. The number of halogens is 2. The van der Waals surface area contributed by atoms with Gasteiger partial charge in [-0.2, -0.15) is 0 Å². The molecule has 1 aromatic rings. The first-order chi connectivity index (χ1) is 5.52. The van der Waals surface area contributed by atoms with Crippen LogP contribution in [0, 0.1) is 0 Å². The molecule has 0 spiro atoms. The molecule has 1 atom stereocenters. The Balaban J connectivity index is 3.23. The van der Waals surface area contributed by atoms with E-state index in [4.69, 9.17) is 17.3 Å². The smallest absolute Gasteiger partial charge is 0.0777 e. The van der Waals surface area contributed by atoms with E-state index < -0.39 is 6.10 Å². The van der Waals surface area contributed by atoms with Crippen LogP contribution >= 0.6 is 27.5 Å². The summed E-state index contributed by atoms with van der Waals surface area (Å²) in [7, 11) is 0. The van der Waals surface area contributed by atoms with Crippen LogP contribution < -0.4 is 5.73 Å². The summed E-state index contributed by atoms with van der Waals surface area (Å²) in [4.78, 5) is 0. The Hall–Kier alpha value is -0.250. The lowest BCUT2D eigenvalue weighted by atomic mass is 10.1. The lowest BCUT2D eigenvalue weighted by Gasteiger charge is -2.09. The zero-order valence-corrected chi connectivity index (χ0v) is 8.85. The Labute approximate surface area is 84.5 Å². The summed E-state index contributed by atoms with van der Waals surface area (Å²) in [5.41, 5.74) is 6.84. The van der Waals surface area contributed by atoms with Crippen LogP contribution in [0.5, 0.6) is 0 Å². The monoisotopic (exact) mass is 249 g/mol. The number of nitrogens with two attached hydrogens (primary N) is 1. The average Bonchev–Trinajstić information content (AvgIpc) is 1.96. The summed E-state index contributed by atoms with van der Waals surface area (Å²) in [5, 5.41) is 9.78. The predicted molar refractivity (Wildman–Crippen MR) is 54.2 cm³/mol. The van der Waals surface area contributed by atoms with Crippen LogP contribution in [0.25, 0.3) is 0 Å². The first-order valence-electron chi connectivity index (χ1n) is 3.45. The fraction of sp³-hybridized carbons (Fsp3) is 0.250. The van der Waals surface area contributed by atoms with Crippen molar-refractivity contribution in [2.75, 3.05) is 5.73 Å². The third-order valence-electron chi connectivity index (χ3n) is 1.57. The molecule has 0 unspecified atom stereocenters. The zero-order chi connectivity index (χ0) is 9.30. The van der Waals surface area contributed by atoms with Crippen LogP contribution in [0.2, 0.25) is 5.02 Å². The van der Waals surface area contributed by atoms with Gasteiger partial charge >= 0.3 is 0 Å². The molecule has 4 heteroatoms. The summed E-state index contributed by atoms with van der Waals surface area (Å²) in [6, 6.07) is 3.34. The van der Waals surface area contributed by atoms with Crippen molar-refractivity contribution in [2.24, 2.45) is 0 Å². The number of aliphatic hydroxyl groups is 1. The fourth-order valence-electron chi connectivity index (χ4n) is 0.903. The maximum atomic E-state index is 9.26. The van der Waals surface area contributed by atoms with Crippen LogP contribution in [0.1, 0.15) is 18.6 Å². The first-order valence-corrected chi connectivity index (χ1v) is 4.62. The number of aliphatic hydroxyl groups excluding tert-OH is 1. The Bertz CT molecular complexity index is 301. The van der Waals surface area contributed by atoms with Crippen LogP contribution in [-0.4, -0.2) is 5.11 Å². The van der Waals surface area contributed by atoms with Crippen molar-refractivity contribution in [3.05, 3.63) is 27.2 Å².